The number of anilines is 2. The lowest BCUT2D eigenvalue weighted by Crippen LogP contribution is -2.05. The molecule has 0 saturated carbocycles. The lowest BCUT2D eigenvalue weighted by Gasteiger charge is -2.16. The highest BCUT2D eigenvalue weighted by atomic mass is 15.1. The highest BCUT2D eigenvalue weighted by molar-refractivity contribution is 6.09. The number of nitrogens with zero attached hydrogens (tertiary/aromatic N) is 3. The van der Waals surface area contributed by atoms with Gasteiger partial charge >= 0.3 is 0 Å². The molecule has 32 heavy (non-hydrogen) atoms. The first-order valence-corrected chi connectivity index (χ1v) is 10.5. The number of nitrogen functional groups attached to an aromatic ring is 2. The zero-order valence-electron chi connectivity index (χ0n) is 17.3. The molecule has 5 heteroatoms. The summed E-state index contributed by atoms with van der Waals surface area (Å²) in [5.41, 5.74) is 20.9. The van der Waals surface area contributed by atoms with E-state index in [-0.39, 0.29) is 0 Å². The van der Waals surface area contributed by atoms with Gasteiger partial charge in [-0.25, -0.2) is 0 Å². The maximum atomic E-state index is 6.84. The molecule has 3 aromatic heterocycles. The van der Waals surface area contributed by atoms with Crippen molar-refractivity contribution in [1.82, 2.24) is 14.1 Å². The first-order valence-electron chi connectivity index (χ1n) is 10.5. The molecule has 0 radical (unpaired) electrons. The maximum absolute atomic E-state index is 6.84. The fraction of sp³-hybridized carbons (Fsp3) is 0. The van der Waals surface area contributed by atoms with Crippen LogP contribution in [0.3, 0.4) is 0 Å². The average molecular weight is 416 g/mol. The first-order chi connectivity index (χ1) is 15.8. The molecular weight excluding hydrogens is 394 g/mol. The average Bonchev–Trinajstić information content (AvgIpc) is 3.31. The third-order valence-electron chi connectivity index (χ3n) is 5.99. The van der Waals surface area contributed by atoms with Crippen LogP contribution in [0.4, 0.5) is 11.4 Å². The van der Waals surface area contributed by atoms with Crippen molar-refractivity contribution in [3.05, 3.63) is 103 Å². The fourth-order valence-electron chi connectivity index (χ4n) is 4.60. The van der Waals surface area contributed by atoms with Gasteiger partial charge in [-0.05, 0) is 36.4 Å². The zero-order valence-corrected chi connectivity index (χ0v) is 17.3. The van der Waals surface area contributed by atoms with Crippen LogP contribution in [0.2, 0.25) is 0 Å². The quantitative estimate of drug-likeness (QED) is 0.383. The SMILES string of the molecule is Nc1c(-c2c(N)c3ccccc3n2-c2ccncc2)n(-c2ccccc2)c2ccccc12. The molecule has 3 heterocycles. The summed E-state index contributed by atoms with van der Waals surface area (Å²) < 4.78 is 4.38. The number of fused-ring (bicyclic) bond motifs is 2. The van der Waals surface area contributed by atoms with Gasteiger partial charge in [-0.3, -0.25) is 4.98 Å². The largest absolute Gasteiger partial charge is 0.396 e. The molecule has 0 amide bonds. The number of benzene rings is 3. The molecule has 0 aliphatic carbocycles. The Labute approximate surface area is 185 Å². The van der Waals surface area contributed by atoms with Crippen LogP contribution in [0.25, 0.3) is 44.6 Å². The Bertz CT molecular complexity index is 1460. The summed E-state index contributed by atoms with van der Waals surface area (Å²) in [7, 11) is 0. The summed E-state index contributed by atoms with van der Waals surface area (Å²) >= 11 is 0. The van der Waals surface area contributed by atoms with E-state index in [4.69, 9.17) is 11.5 Å². The smallest absolute Gasteiger partial charge is 0.0964 e. The van der Waals surface area contributed by atoms with Gasteiger partial charge in [-0.1, -0.05) is 54.6 Å². The van der Waals surface area contributed by atoms with Crippen LogP contribution in [-0.4, -0.2) is 14.1 Å². The number of para-hydroxylation sites is 3. The molecule has 0 aliphatic heterocycles. The third kappa shape index (κ3) is 2.55. The number of pyridine rings is 1. The molecule has 0 fully saturated rings. The zero-order chi connectivity index (χ0) is 21.7. The molecule has 4 N–H and O–H groups in total. The molecule has 0 spiro atoms. The van der Waals surface area contributed by atoms with E-state index >= 15 is 0 Å². The minimum absolute atomic E-state index is 0.698. The van der Waals surface area contributed by atoms with E-state index in [1.54, 1.807) is 12.4 Å². The molecule has 0 unspecified atom stereocenters. The summed E-state index contributed by atoms with van der Waals surface area (Å²) in [6, 6.07) is 30.6. The highest BCUT2D eigenvalue weighted by Gasteiger charge is 2.25. The van der Waals surface area contributed by atoms with Crippen LogP contribution in [0.5, 0.6) is 0 Å². The van der Waals surface area contributed by atoms with Crippen molar-refractivity contribution < 1.29 is 0 Å². The number of hydrogen-bond donors (Lipinski definition) is 2. The minimum Gasteiger partial charge on any atom is -0.396 e. The van der Waals surface area contributed by atoms with Crippen LogP contribution in [0.15, 0.2) is 103 Å². The molecule has 6 aromatic rings. The van der Waals surface area contributed by atoms with Crippen molar-refractivity contribution in [1.29, 1.82) is 0 Å². The lowest BCUT2D eigenvalue weighted by atomic mass is 10.1. The Morgan fingerprint density at radius 2 is 0.938 bits per heavy atom. The van der Waals surface area contributed by atoms with Crippen molar-refractivity contribution in [3.63, 3.8) is 0 Å². The molecule has 0 atom stereocenters. The summed E-state index contributed by atoms with van der Waals surface area (Å²) in [5, 5.41) is 1.99. The monoisotopic (exact) mass is 415 g/mol. The van der Waals surface area contributed by atoms with E-state index in [1.165, 1.54) is 0 Å². The van der Waals surface area contributed by atoms with Gasteiger partial charge < -0.3 is 20.6 Å². The van der Waals surface area contributed by atoms with Crippen molar-refractivity contribution in [3.8, 4) is 22.8 Å². The molecule has 3 aromatic carbocycles. The second-order valence-electron chi connectivity index (χ2n) is 7.77. The number of nitrogens with two attached hydrogens (primary N) is 2. The van der Waals surface area contributed by atoms with E-state index in [1.807, 2.05) is 54.6 Å². The van der Waals surface area contributed by atoms with Crippen molar-refractivity contribution in [2.45, 2.75) is 0 Å². The predicted molar refractivity (Wildman–Crippen MR) is 132 cm³/mol. The highest BCUT2D eigenvalue weighted by Crippen LogP contribution is 2.45. The first kappa shape index (κ1) is 18.3. The molecular formula is C27H21N5. The Balaban J connectivity index is 1.82. The summed E-state index contributed by atoms with van der Waals surface area (Å²) in [6.45, 7) is 0. The Kier molecular flexibility index (Phi) is 4.01. The van der Waals surface area contributed by atoms with Crippen LogP contribution >= 0.6 is 0 Å². The molecule has 0 aliphatic rings. The van der Waals surface area contributed by atoms with Crippen LogP contribution in [0.1, 0.15) is 0 Å². The summed E-state index contributed by atoms with van der Waals surface area (Å²) in [6.07, 6.45) is 3.58. The second-order valence-corrected chi connectivity index (χ2v) is 7.77. The lowest BCUT2D eigenvalue weighted by molar-refractivity contribution is 1.07. The van der Waals surface area contributed by atoms with Gasteiger partial charge in [0.15, 0.2) is 0 Å². The number of aromatic nitrogens is 3. The molecule has 0 bridgehead atoms. The van der Waals surface area contributed by atoms with Crippen molar-refractivity contribution in [2.24, 2.45) is 0 Å². The van der Waals surface area contributed by atoms with Crippen LogP contribution in [0, 0.1) is 0 Å². The van der Waals surface area contributed by atoms with Gasteiger partial charge in [0.1, 0.15) is 0 Å². The van der Waals surface area contributed by atoms with Gasteiger partial charge in [0, 0.05) is 34.5 Å². The second kappa shape index (κ2) is 7.03. The molecule has 6 rings (SSSR count). The molecule has 154 valence electrons. The minimum atomic E-state index is 0.698. The van der Waals surface area contributed by atoms with E-state index in [0.717, 1.165) is 44.6 Å². The van der Waals surface area contributed by atoms with Crippen molar-refractivity contribution in [2.75, 3.05) is 11.5 Å². The third-order valence-corrected chi connectivity index (χ3v) is 5.99. The molecule has 0 saturated heterocycles. The van der Waals surface area contributed by atoms with Gasteiger partial charge in [0.25, 0.3) is 0 Å². The van der Waals surface area contributed by atoms with Gasteiger partial charge in [-0.2, -0.15) is 0 Å². The number of rotatable bonds is 3. The normalized spacial score (nSPS) is 11.4. The van der Waals surface area contributed by atoms with E-state index in [2.05, 4.69) is 50.5 Å². The van der Waals surface area contributed by atoms with Gasteiger partial charge in [0.2, 0.25) is 0 Å². The Morgan fingerprint density at radius 3 is 1.47 bits per heavy atom. The summed E-state index contributed by atoms with van der Waals surface area (Å²) in [4.78, 5) is 4.20. The van der Waals surface area contributed by atoms with E-state index < -0.39 is 0 Å². The standard InChI is InChI=1S/C27H21N5/c28-24-20-10-4-6-12-22(20)31(18-8-2-1-3-9-18)26(24)27-25(29)21-11-5-7-13-23(21)32(27)19-14-16-30-17-15-19/h1-17H,28-29H2. The van der Waals surface area contributed by atoms with Crippen LogP contribution < -0.4 is 11.5 Å². The topological polar surface area (TPSA) is 74.8 Å². The van der Waals surface area contributed by atoms with E-state index in [9.17, 15) is 0 Å². The summed E-state index contributed by atoms with van der Waals surface area (Å²) in [5.74, 6) is 0. The van der Waals surface area contributed by atoms with Crippen LogP contribution in [-0.2, 0) is 0 Å². The van der Waals surface area contributed by atoms with Crippen molar-refractivity contribution >= 4 is 33.2 Å². The Morgan fingerprint density at radius 1 is 0.500 bits per heavy atom. The maximum Gasteiger partial charge on any atom is 0.0964 e. The predicted octanol–water partition coefficient (Wildman–Crippen LogP) is 5.80. The Hall–Kier alpha value is -4.51. The van der Waals surface area contributed by atoms with Gasteiger partial charge in [0.05, 0.1) is 33.8 Å². The molecule has 5 nitrogen and oxygen atoms in total. The fourth-order valence-corrected chi connectivity index (χ4v) is 4.60. The van der Waals surface area contributed by atoms with E-state index in [0.29, 0.717) is 11.4 Å². The number of hydrogen-bond acceptors (Lipinski definition) is 3. The van der Waals surface area contributed by atoms with Gasteiger partial charge in [-0.15, -0.1) is 0 Å².